The largest absolute Gasteiger partial charge is 0.309 e. The van der Waals surface area contributed by atoms with Gasteiger partial charge in [0.05, 0.1) is 44.8 Å². The Hall–Kier alpha value is -6.14. The second kappa shape index (κ2) is 9.71. The molecule has 9 aromatic rings. The van der Waals surface area contributed by atoms with Crippen molar-refractivity contribution in [2.75, 3.05) is 0 Å². The lowest BCUT2D eigenvalue weighted by Gasteiger charge is -2.11. The van der Waals surface area contributed by atoms with Crippen molar-refractivity contribution >= 4 is 43.6 Å². The van der Waals surface area contributed by atoms with Gasteiger partial charge in [0, 0.05) is 57.7 Å². The molecule has 6 heterocycles. The molecule has 3 aromatic carbocycles. The van der Waals surface area contributed by atoms with E-state index in [1.807, 2.05) is 48.8 Å². The van der Waals surface area contributed by atoms with Crippen LogP contribution in [0.2, 0.25) is 0 Å². The van der Waals surface area contributed by atoms with Crippen molar-refractivity contribution in [1.29, 1.82) is 0 Å². The first-order chi connectivity index (χ1) is 21.8. The highest BCUT2D eigenvalue weighted by molar-refractivity contribution is 6.19. The van der Waals surface area contributed by atoms with Gasteiger partial charge in [0.2, 0.25) is 0 Å². The fraction of sp³-hybridized carbons (Fsp3) is 0. The number of nitrogens with zero attached hydrogens (tertiary/aromatic N) is 6. The fourth-order valence-corrected chi connectivity index (χ4v) is 6.41. The van der Waals surface area contributed by atoms with E-state index in [2.05, 4.69) is 114 Å². The van der Waals surface area contributed by atoms with Gasteiger partial charge in [-0.05, 0) is 72.8 Å². The molecule has 0 aliphatic rings. The smallest absolute Gasteiger partial charge is 0.0906 e. The van der Waals surface area contributed by atoms with Crippen molar-refractivity contribution in [3.8, 4) is 34.2 Å². The Labute approximate surface area is 252 Å². The average molecular weight is 565 g/mol. The van der Waals surface area contributed by atoms with Gasteiger partial charge in [-0.1, -0.05) is 48.5 Å². The van der Waals surface area contributed by atoms with Crippen LogP contribution in [-0.2, 0) is 0 Å². The monoisotopic (exact) mass is 564 g/mol. The molecular formula is C38H24N6. The predicted molar refractivity (Wildman–Crippen MR) is 177 cm³/mol. The van der Waals surface area contributed by atoms with Gasteiger partial charge >= 0.3 is 0 Å². The van der Waals surface area contributed by atoms with E-state index in [-0.39, 0.29) is 0 Å². The summed E-state index contributed by atoms with van der Waals surface area (Å²) in [6.07, 6.45) is 7.34. The SMILES string of the molecule is c1ccc(-c2cc(-n3c4ccccc4c4cc5c(cc43)c3ccccc3n5-c3ccnc(-c4ccccn4)c3)ccn2)nc1. The minimum atomic E-state index is 0.841. The summed E-state index contributed by atoms with van der Waals surface area (Å²) in [6, 6.07) is 42.1. The Morgan fingerprint density at radius 3 is 1.20 bits per heavy atom. The number of fused-ring (bicyclic) bond motifs is 6. The Morgan fingerprint density at radius 2 is 0.750 bits per heavy atom. The molecule has 0 saturated carbocycles. The normalized spacial score (nSPS) is 11.6. The number of hydrogen-bond donors (Lipinski definition) is 0. The van der Waals surface area contributed by atoms with Crippen LogP contribution < -0.4 is 0 Å². The molecule has 0 spiro atoms. The quantitative estimate of drug-likeness (QED) is 0.214. The number of para-hydroxylation sites is 2. The summed E-state index contributed by atoms with van der Waals surface area (Å²) in [6.45, 7) is 0. The van der Waals surface area contributed by atoms with Crippen molar-refractivity contribution in [1.82, 2.24) is 29.1 Å². The van der Waals surface area contributed by atoms with Gasteiger partial charge in [-0.3, -0.25) is 19.9 Å². The highest BCUT2D eigenvalue weighted by atomic mass is 15.0. The third-order valence-electron chi connectivity index (χ3n) is 8.32. The van der Waals surface area contributed by atoms with Gasteiger partial charge in [-0.15, -0.1) is 0 Å². The van der Waals surface area contributed by atoms with Crippen LogP contribution in [0.5, 0.6) is 0 Å². The predicted octanol–water partition coefficient (Wildman–Crippen LogP) is 8.79. The summed E-state index contributed by atoms with van der Waals surface area (Å²) in [5.74, 6) is 0. The molecular weight excluding hydrogens is 540 g/mol. The molecule has 0 atom stereocenters. The molecule has 0 saturated heterocycles. The Balaban J connectivity index is 1.34. The van der Waals surface area contributed by atoms with Gasteiger partial charge in [0.15, 0.2) is 0 Å². The summed E-state index contributed by atoms with van der Waals surface area (Å²) in [4.78, 5) is 18.4. The van der Waals surface area contributed by atoms with Crippen LogP contribution in [0, 0.1) is 0 Å². The van der Waals surface area contributed by atoms with Gasteiger partial charge in [-0.2, -0.15) is 0 Å². The lowest BCUT2D eigenvalue weighted by Crippen LogP contribution is -1.97. The molecule has 44 heavy (non-hydrogen) atoms. The first-order valence-corrected chi connectivity index (χ1v) is 14.6. The van der Waals surface area contributed by atoms with Crippen LogP contribution in [0.1, 0.15) is 0 Å². The van der Waals surface area contributed by atoms with Crippen molar-refractivity contribution < 1.29 is 0 Å². The fourth-order valence-electron chi connectivity index (χ4n) is 6.41. The zero-order valence-electron chi connectivity index (χ0n) is 23.5. The van der Waals surface area contributed by atoms with Crippen molar-refractivity contribution in [2.24, 2.45) is 0 Å². The van der Waals surface area contributed by atoms with Crippen LogP contribution in [0.4, 0.5) is 0 Å². The molecule has 0 radical (unpaired) electrons. The molecule has 9 rings (SSSR count). The molecule has 0 bridgehead atoms. The van der Waals surface area contributed by atoms with Crippen molar-refractivity contribution in [2.45, 2.75) is 0 Å². The maximum absolute atomic E-state index is 4.65. The van der Waals surface area contributed by atoms with E-state index < -0.39 is 0 Å². The molecule has 0 amide bonds. The Morgan fingerprint density at radius 1 is 0.318 bits per heavy atom. The van der Waals surface area contributed by atoms with Gasteiger partial charge in [0.1, 0.15) is 0 Å². The molecule has 0 unspecified atom stereocenters. The van der Waals surface area contributed by atoms with E-state index in [0.717, 1.165) is 56.2 Å². The lowest BCUT2D eigenvalue weighted by atomic mass is 10.1. The van der Waals surface area contributed by atoms with E-state index in [9.17, 15) is 0 Å². The summed E-state index contributed by atoms with van der Waals surface area (Å²) in [5, 5.41) is 4.77. The number of hydrogen-bond acceptors (Lipinski definition) is 4. The molecule has 6 heteroatoms. The van der Waals surface area contributed by atoms with Crippen molar-refractivity contribution in [3.63, 3.8) is 0 Å². The van der Waals surface area contributed by atoms with E-state index >= 15 is 0 Å². The number of aromatic nitrogens is 6. The zero-order valence-corrected chi connectivity index (χ0v) is 23.5. The molecule has 0 N–H and O–H groups in total. The minimum absolute atomic E-state index is 0.841. The first kappa shape index (κ1) is 24.5. The molecule has 6 nitrogen and oxygen atoms in total. The highest BCUT2D eigenvalue weighted by Crippen LogP contribution is 2.40. The molecule has 6 aromatic heterocycles. The topological polar surface area (TPSA) is 61.4 Å². The second-order valence-corrected chi connectivity index (χ2v) is 10.8. The Kier molecular flexibility index (Phi) is 5.40. The van der Waals surface area contributed by atoms with Crippen LogP contribution in [0.25, 0.3) is 77.8 Å². The number of rotatable bonds is 4. The molecule has 0 aliphatic heterocycles. The lowest BCUT2D eigenvalue weighted by molar-refractivity contribution is 1.14. The summed E-state index contributed by atoms with van der Waals surface area (Å²) in [7, 11) is 0. The average Bonchev–Trinajstić information content (AvgIpc) is 3.60. The van der Waals surface area contributed by atoms with Gasteiger partial charge in [0.25, 0.3) is 0 Å². The highest BCUT2D eigenvalue weighted by Gasteiger charge is 2.19. The molecule has 0 aliphatic carbocycles. The van der Waals surface area contributed by atoms with Crippen LogP contribution >= 0.6 is 0 Å². The summed E-state index contributed by atoms with van der Waals surface area (Å²) < 4.78 is 4.69. The second-order valence-electron chi connectivity index (χ2n) is 10.8. The van der Waals surface area contributed by atoms with Crippen LogP contribution in [0.3, 0.4) is 0 Å². The number of pyridine rings is 4. The third kappa shape index (κ3) is 3.75. The van der Waals surface area contributed by atoms with Gasteiger partial charge in [-0.25, -0.2) is 0 Å². The standard InChI is InChI=1S/C38H24N6/c1-3-13-35-27(9-1)29-23-38-30(24-37(29)43(35)25-15-19-41-33(21-25)31-11-5-7-17-39-31)28-10-2-4-14-36(28)44(38)26-16-20-42-34(22-26)32-12-6-8-18-40-32/h1-24H. The van der Waals surface area contributed by atoms with Crippen LogP contribution in [0.15, 0.2) is 146 Å². The maximum atomic E-state index is 4.65. The minimum Gasteiger partial charge on any atom is -0.309 e. The Bertz CT molecular complexity index is 2320. The molecule has 206 valence electrons. The first-order valence-electron chi connectivity index (χ1n) is 14.6. The number of benzene rings is 3. The van der Waals surface area contributed by atoms with Crippen LogP contribution in [-0.4, -0.2) is 29.1 Å². The zero-order chi connectivity index (χ0) is 29.0. The molecule has 0 fully saturated rings. The van der Waals surface area contributed by atoms with E-state index in [1.54, 1.807) is 12.4 Å². The van der Waals surface area contributed by atoms with Crippen molar-refractivity contribution in [3.05, 3.63) is 146 Å². The summed E-state index contributed by atoms with van der Waals surface area (Å²) >= 11 is 0. The third-order valence-corrected chi connectivity index (χ3v) is 8.32. The maximum Gasteiger partial charge on any atom is 0.0906 e. The van der Waals surface area contributed by atoms with Gasteiger partial charge < -0.3 is 9.13 Å². The van der Waals surface area contributed by atoms with E-state index in [4.69, 9.17) is 0 Å². The van der Waals surface area contributed by atoms with E-state index in [1.165, 1.54) is 21.5 Å². The van der Waals surface area contributed by atoms with E-state index in [0.29, 0.717) is 0 Å². The summed E-state index contributed by atoms with van der Waals surface area (Å²) in [5.41, 5.74) is 10.0.